The van der Waals surface area contributed by atoms with Gasteiger partial charge >= 0.3 is 6.03 Å². The third kappa shape index (κ3) is 4.37. The van der Waals surface area contributed by atoms with E-state index in [-0.39, 0.29) is 27.1 Å². The SMILES string of the molecule is COc1c(Cl)cc(Cl)c(OC)c1C(=O)NC(=O)Nc1c(F)cc(F)cc1F. The summed E-state index contributed by atoms with van der Waals surface area (Å²) in [7, 11) is 2.43. The number of urea groups is 1. The number of methoxy groups -OCH3 is 2. The monoisotopic (exact) mass is 422 g/mol. The molecule has 0 fully saturated rings. The van der Waals surface area contributed by atoms with Gasteiger partial charge in [0, 0.05) is 12.1 Å². The van der Waals surface area contributed by atoms with Crippen molar-refractivity contribution >= 4 is 40.8 Å². The van der Waals surface area contributed by atoms with E-state index < -0.39 is 35.1 Å². The number of benzene rings is 2. The highest BCUT2D eigenvalue weighted by Crippen LogP contribution is 2.40. The Balaban J connectivity index is 2.32. The van der Waals surface area contributed by atoms with Crippen LogP contribution in [-0.4, -0.2) is 26.2 Å². The third-order valence-corrected chi connectivity index (χ3v) is 3.81. The molecule has 0 radical (unpaired) electrons. The number of amides is 3. The minimum Gasteiger partial charge on any atom is -0.494 e. The predicted octanol–water partition coefficient (Wildman–Crippen LogP) is 4.39. The zero-order valence-corrected chi connectivity index (χ0v) is 15.3. The highest BCUT2D eigenvalue weighted by atomic mass is 35.5. The molecule has 0 spiro atoms. The Labute approximate surface area is 161 Å². The van der Waals surface area contributed by atoms with Crippen LogP contribution in [-0.2, 0) is 0 Å². The Morgan fingerprint density at radius 1 is 0.926 bits per heavy atom. The lowest BCUT2D eigenvalue weighted by atomic mass is 10.1. The molecule has 144 valence electrons. The molecule has 2 N–H and O–H groups in total. The van der Waals surface area contributed by atoms with Gasteiger partial charge in [-0.25, -0.2) is 18.0 Å². The van der Waals surface area contributed by atoms with Gasteiger partial charge in [0.1, 0.15) is 17.1 Å². The molecule has 27 heavy (non-hydrogen) atoms. The Hall–Kier alpha value is -2.65. The standard InChI is InChI=1S/C16H11Cl2F3N2O4/c1-26-13-7(17)5-8(18)14(27-2)11(13)15(24)23-16(25)22-12-9(20)3-6(19)4-10(12)21/h3-5H,1-2H3,(H2,22,23,24,25). The van der Waals surface area contributed by atoms with Crippen LogP contribution in [0, 0.1) is 17.5 Å². The van der Waals surface area contributed by atoms with Crippen molar-refractivity contribution in [3.63, 3.8) is 0 Å². The molecule has 2 rings (SSSR count). The van der Waals surface area contributed by atoms with E-state index in [4.69, 9.17) is 32.7 Å². The molecule has 0 heterocycles. The summed E-state index contributed by atoms with van der Waals surface area (Å²) in [5.41, 5.74) is -1.25. The fourth-order valence-corrected chi connectivity index (χ4v) is 2.78. The van der Waals surface area contributed by atoms with Gasteiger partial charge in [0.05, 0.1) is 24.3 Å². The zero-order chi connectivity index (χ0) is 20.3. The molecule has 6 nitrogen and oxygen atoms in total. The van der Waals surface area contributed by atoms with Crippen molar-refractivity contribution < 1.29 is 32.2 Å². The lowest BCUT2D eigenvalue weighted by Crippen LogP contribution is -2.35. The van der Waals surface area contributed by atoms with Crippen LogP contribution in [0.5, 0.6) is 11.5 Å². The van der Waals surface area contributed by atoms with E-state index in [0.29, 0.717) is 12.1 Å². The second-order valence-electron chi connectivity index (χ2n) is 4.93. The predicted molar refractivity (Wildman–Crippen MR) is 92.4 cm³/mol. The molecular formula is C16H11Cl2F3N2O4. The van der Waals surface area contributed by atoms with Crippen molar-refractivity contribution in [1.82, 2.24) is 5.32 Å². The normalized spacial score (nSPS) is 10.3. The number of hydrogen-bond acceptors (Lipinski definition) is 4. The molecule has 0 bridgehead atoms. The van der Waals surface area contributed by atoms with Gasteiger partial charge < -0.3 is 14.8 Å². The van der Waals surface area contributed by atoms with E-state index in [1.165, 1.54) is 20.3 Å². The Kier molecular flexibility index (Phi) is 6.40. The Morgan fingerprint density at radius 2 is 1.41 bits per heavy atom. The first-order chi connectivity index (χ1) is 12.7. The molecule has 2 aromatic rings. The molecule has 0 aliphatic heterocycles. The summed E-state index contributed by atoms with van der Waals surface area (Å²) in [5.74, 6) is -5.25. The van der Waals surface area contributed by atoms with Gasteiger partial charge in [0.25, 0.3) is 5.91 Å². The maximum Gasteiger partial charge on any atom is 0.326 e. The number of halogens is 5. The lowest BCUT2D eigenvalue weighted by molar-refractivity contribution is 0.0961. The van der Waals surface area contributed by atoms with Crippen molar-refractivity contribution in [2.45, 2.75) is 0 Å². The topological polar surface area (TPSA) is 76.7 Å². The molecule has 0 saturated carbocycles. The smallest absolute Gasteiger partial charge is 0.326 e. The number of carbonyl (C=O) groups is 2. The minimum atomic E-state index is -1.36. The first kappa shape index (κ1) is 20.7. The summed E-state index contributed by atoms with van der Waals surface area (Å²) in [6.07, 6.45) is 0. The number of hydrogen-bond donors (Lipinski definition) is 2. The number of rotatable bonds is 4. The fourth-order valence-electron chi connectivity index (χ4n) is 2.16. The van der Waals surface area contributed by atoms with Crippen molar-refractivity contribution in [3.8, 4) is 11.5 Å². The number of nitrogens with one attached hydrogen (secondary N) is 2. The molecule has 0 aliphatic carbocycles. The van der Waals surface area contributed by atoms with E-state index in [1.54, 1.807) is 5.32 Å². The van der Waals surface area contributed by atoms with Gasteiger partial charge in [-0.1, -0.05) is 23.2 Å². The van der Waals surface area contributed by atoms with Crippen LogP contribution in [0.3, 0.4) is 0 Å². The summed E-state index contributed by atoms with van der Waals surface area (Å²) >= 11 is 11.9. The summed E-state index contributed by atoms with van der Waals surface area (Å²) in [6.45, 7) is 0. The first-order valence-corrected chi connectivity index (χ1v) is 7.82. The second kappa shape index (κ2) is 8.36. The average molecular weight is 423 g/mol. The summed E-state index contributed by atoms with van der Waals surface area (Å²) in [6, 6.07) is 0.692. The molecule has 0 aromatic heterocycles. The van der Waals surface area contributed by atoms with Crippen molar-refractivity contribution in [1.29, 1.82) is 0 Å². The molecule has 2 aromatic carbocycles. The Bertz CT molecular complexity index is 874. The largest absolute Gasteiger partial charge is 0.494 e. The van der Waals surface area contributed by atoms with Crippen LogP contribution in [0.1, 0.15) is 10.4 Å². The van der Waals surface area contributed by atoms with Crippen molar-refractivity contribution in [2.75, 3.05) is 19.5 Å². The van der Waals surface area contributed by atoms with Gasteiger partial charge in [0.15, 0.2) is 23.1 Å². The quantitative estimate of drug-likeness (QED) is 0.765. The fraction of sp³-hybridized carbons (Fsp3) is 0.125. The third-order valence-electron chi connectivity index (χ3n) is 3.25. The average Bonchev–Trinajstić information content (AvgIpc) is 2.57. The lowest BCUT2D eigenvalue weighted by Gasteiger charge is -2.15. The summed E-state index contributed by atoms with van der Waals surface area (Å²) < 4.78 is 50.1. The van der Waals surface area contributed by atoms with E-state index in [1.807, 2.05) is 5.32 Å². The molecule has 0 unspecified atom stereocenters. The molecule has 3 amide bonds. The van der Waals surface area contributed by atoms with Crippen LogP contribution >= 0.6 is 23.2 Å². The second-order valence-corrected chi connectivity index (χ2v) is 5.75. The van der Waals surface area contributed by atoms with E-state index in [9.17, 15) is 22.8 Å². The van der Waals surface area contributed by atoms with Crippen LogP contribution in [0.4, 0.5) is 23.7 Å². The number of carbonyl (C=O) groups excluding carboxylic acids is 2. The van der Waals surface area contributed by atoms with Gasteiger partial charge in [-0.05, 0) is 6.07 Å². The highest BCUT2D eigenvalue weighted by Gasteiger charge is 2.26. The van der Waals surface area contributed by atoms with E-state index >= 15 is 0 Å². The maximum atomic E-state index is 13.6. The van der Waals surface area contributed by atoms with Crippen LogP contribution in [0.25, 0.3) is 0 Å². The number of ether oxygens (including phenoxy) is 2. The number of imide groups is 1. The molecule has 0 saturated heterocycles. The first-order valence-electron chi connectivity index (χ1n) is 7.06. The molecule has 0 atom stereocenters. The van der Waals surface area contributed by atoms with Crippen LogP contribution in [0.2, 0.25) is 10.0 Å². The van der Waals surface area contributed by atoms with E-state index in [0.717, 1.165) is 0 Å². The van der Waals surface area contributed by atoms with Gasteiger partial charge in [0.2, 0.25) is 0 Å². The number of anilines is 1. The van der Waals surface area contributed by atoms with E-state index in [2.05, 4.69) is 0 Å². The minimum absolute atomic E-state index is 0.0375. The Morgan fingerprint density at radius 3 is 1.85 bits per heavy atom. The highest BCUT2D eigenvalue weighted by molar-refractivity contribution is 6.37. The molecule has 11 heteroatoms. The molecular weight excluding hydrogens is 412 g/mol. The van der Waals surface area contributed by atoms with Gasteiger partial charge in [-0.2, -0.15) is 0 Å². The summed E-state index contributed by atoms with van der Waals surface area (Å²) in [4.78, 5) is 24.4. The van der Waals surface area contributed by atoms with Gasteiger partial charge in [-0.3, -0.25) is 10.1 Å². The summed E-state index contributed by atoms with van der Waals surface area (Å²) in [5, 5.41) is 3.52. The van der Waals surface area contributed by atoms with Crippen LogP contribution < -0.4 is 20.1 Å². The maximum absolute atomic E-state index is 13.6. The molecule has 0 aliphatic rings. The van der Waals surface area contributed by atoms with Crippen LogP contribution in [0.15, 0.2) is 18.2 Å². The van der Waals surface area contributed by atoms with Crippen molar-refractivity contribution in [3.05, 3.63) is 51.3 Å². The van der Waals surface area contributed by atoms with Gasteiger partial charge in [-0.15, -0.1) is 0 Å². The zero-order valence-electron chi connectivity index (χ0n) is 13.8. The van der Waals surface area contributed by atoms with Crippen molar-refractivity contribution in [2.24, 2.45) is 0 Å².